The number of carbonyl (C=O) groups is 1. The zero-order valence-corrected chi connectivity index (χ0v) is 16.5. The van der Waals surface area contributed by atoms with Crippen molar-refractivity contribution in [2.24, 2.45) is 5.10 Å². The first-order chi connectivity index (χ1) is 12.6. The largest absolute Gasteiger partial charge is 0.493 e. The normalized spacial score (nSPS) is 10.6. The molecule has 0 atom stereocenters. The Kier molecular flexibility index (Phi) is 7.47. The highest BCUT2D eigenvalue weighted by Gasteiger charge is 2.09. The first-order valence-electron chi connectivity index (χ1n) is 8.02. The zero-order valence-electron chi connectivity index (χ0n) is 14.9. The van der Waals surface area contributed by atoms with Crippen LogP contribution in [0.2, 0.25) is 0 Å². The van der Waals surface area contributed by atoms with Crippen LogP contribution in [0.4, 0.5) is 0 Å². The topological polar surface area (TPSA) is 69.2 Å². The molecule has 0 bridgehead atoms. The molecule has 0 saturated carbocycles. The van der Waals surface area contributed by atoms with Crippen molar-refractivity contribution in [3.63, 3.8) is 0 Å². The Morgan fingerprint density at radius 1 is 1.19 bits per heavy atom. The van der Waals surface area contributed by atoms with Crippen LogP contribution >= 0.6 is 15.9 Å². The number of rotatable bonds is 8. The van der Waals surface area contributed by atoms with Gasteiger partial charge in [-0.1, -0.05) is 19.1 Å². The standard InChI is InChI=1S/C19H21BrN2O4/c1-4-13-5-7-15(8-6-13)26-12-18(23)22-21-11-14-9-16(20)19(25-3)17(10-14)24-2/h5-11H,4,12H2,1-3H3,(H,22,23)/b21-11+. The highest BCUT2D eigenvalue weighted by Crippen LogP contribution is 2.35. The third-order valence-corrected chi connectivity index (χ3v) is 4.15. The quantitative estimate of drug-likeness (QED) is 0.523. The Morgan fingerprint density at radius 3 is 2.54 bits per heavy atom. The molecule has 7 heteroatoms. The minimum absolute atomic E-state index is 0.113. The van der Waals surface area contributed by atoms with Crippen LogP contribution in [-0.4, -0.2) is 32.9 Å². The molecule has 2 aromatic rings. The van der Waals surface area contributed by atoms with Gasteiger partial charge in [0.15, 0.2) is 18.1 Å². The van der Waals surface area contributed by atoms with Gasteiger partial charge in [0, 0.05) is 0 Å². The predicted molar refractivity (Wildman–Crippen MR) is 104 cm³/mol. The van der Waals surface area contributed by atoms with Gasteiger partial charge in [-0.3, -0.25) is 4.79 Å². The van der Waals surface area contributed by atoms with Gasteiger partial charge in [-0.05, 0) is 57.7 Å². The third-order valence-electron chi connectivity index (χ3n) is 3.56. The van der Waals surface area contributed by atoms with Crippen LogP contribution in [0.15, 0.2) is 46.0 Å². The van der Waals surface area contributed by atoms with Crippen LogP contribution in [0.1, 0.15) is 18.1 Å². The van der Waals surface area contributed by atoms with E-state index in [0.717, 1.165) is 16.5 Å². The number of hydrazone groups is 1. The van der Waals surface area contributed by atoms with E-state index >= 15 is 0 Å². The molecule has 2 aromatic carbocycles. The van der Waals surface area contributed by atoms with Gasteiger partial charge in [0.05, 0.1) is 24.9 Å². The highest BCUT2D eigenvalue weighted by molar-refractivity contribution is 9.10. The van der Waals surface area contributed by atoms with Crippen molar-refractivity contribution < 1.29 is 19.0 Å². The fraction of sp³-hybridized carbons (Fsp3) is 0.263. The smallest absolute Gasteiger partial charge is 0.277 e. The van der Waals surface area contributed by atoms with Crippen molar-refractivity contribution in [2.45, 2.75) is 13.3 Å². The number of nitrogens with one attached hydrogen (secondary N) is 1. The van der Waals surface area contributed by atoms with Gasteiger partial charge in [-0.2, -0.15) is 5.10 Å². The first-order valence-corrected chi connectivity index (χ1v) is 8.81. The van der Waals surface area contributed by atoms with Crippen molar-refractivity contribution in [1.29, 1.82) is 0 Å². The Labute approximate surface area is 161 Å². The molecule has 138 valence electrons. The molecule has 0 aromatic heterocycles. The molecular weight excluding hydrogens is 400 g/mol. The number of amides is 1. The Hall–Kier alpha value is -2.54. The Balaban J connectivity index is 1.89. The summed E-state index contributed by atoms with van der Waals surface area (Å²) in [5, 5.41) is 3.93. The second-order valence-electron chi connectivity index (χ2n) is 5.32. The molecule has 0 unspecified atom stereocenters. The SMILES string of the molecule is CCc1ccc(OCC(=O)N/N=C/c2cc(Br)c(OC)c(OC)c2)cc1. The number of nitrogens with zero attached hydrogens (tertiary/aromatic N) is 1. The lowest BCUT2D eigenvalue weighted by Crippen LogP contribution is -2.24. The molecule has 0 aliphatic heterocycles. The second-order valence-corrected chi connectivity index (χ2v) is 6.17. The number of benzene rings is 2. The fourth-order valence-electron chi connectivity index (χ4n) is 2.19. The fourth-order valence-corrected chi connectivity index (χ4v) is 2.82. The lowest BCUT2D eigenvalue weighted by Gasteiger charge is -2.10. The van der Waals surface area contributed by atoms with Crippen molar-refractivity contribution in [1.82, 2.24) is 5.43 Å². The molecule has 26 heavy (non-hydrogen) atoms. The average Bonchev–Trinajstić information content (AvgIpc) is 2.66. The molecule has 0 aliphatic rings. The third kappa shape index (κ3) is 5.49. The molecule has 1 amide bonds. The molecule has 0 aliphatic carbocycles. The van der Waals surface area contributed by atoms with E-state index in [1.165, 1.54) is 11.8 Å². The minimum Gasteiger partial charge on any atom is -0.493 e. The van der Waals surface area contributed by atoms with Crippen LogP contribution in [-0.2, 0) is 11.2 Å². The summed E-state index contributed by atoms with van der Waals surface area (Å²) in [6.07, 6.45) is 2.47. The van der Waals surface area contributed by atoms with E-state index in [2.05, 4.69) is 33.4 Å². The molecule has 0 radical (unpaired) electrons. The minimum atomic E-state index is -0.347. The van der Waals surface area contributed by atoms with Gasteiger partial charge in [-0.15, -0.1) is 0 Å². The van der Waals surface area contributed by atoms with Crippen LogP contribution in [0.3, 0.4) is 0 Å². The number of methoxy groups -OCH3 is 2. The van der Waals surface area contributed by atoms with Gasteiger partial charge in [0.2, 0.25) is 0 Å². The lowest BCUT2D eigenvalue weighted by molar-refractivity contribution is -0.123. The summed E-state index contributed by atoms with van der Waals surface area (Å²) < 4.78 is 16.7. The van der Waals surface area contributed by atoms with Gasteiger partial charge in [0.1, 0.15) is 5.75 Å². The Morgan fingerprint density at radius 2 is 1.92 bits per heavy atom. The van der Waals surface area contributed by atoms with E-state index in [4.69, 9.17) is 14.2 Å². The maximum absolute atomic E-state index is 11.8. The molecule has 0 fully saturated rings. The van der Waals surface area contributed by atoms with E-state index < -0.39 is 0 Å². The molecule has 1 N–H and O–H groups in total. The summed E-state index contributed by atoms with van der Waals surface area (Å²) in [6, 6.07) is 11.2. The number of hydrogen-bond acceptors (Lipinski definition) is 5. The van der Waals surface area contributed by atoms with Gasteiger partial charge in [0.25, 0.3) is 5.91 Å². The number of ether oxygens (including phenoxy) is 3. The summed E-state index contributed by atoms with van der Waals surface area (Å²) in [4.78, 5) is 11.8. The van der Waals surface area contributed by atoms with Crippen LogP contribution in [0.25, 0.3) is 0 Å². The number of halogens is 1. The molecule has 0 saturated heterocycles. The van der Waals surface area contributed by atoms with Gasteiger partial charge < -0.3 is 14.2 Å². The molecule has 0 heterocycles. The second kappa shape index (κ2) is 9.82. The van der Waals surface area contributed by atoms with E-state index in [1.807, 2.05) is 30.3 Å². The van der Waals surface area contributed by atoms with E-state index in [0.29, 0.717) is 17.2 Å². The van der Waals surface area contributed by atoms with Crippen molar-refractivity contribution >= 4 is 28.1 Å². The van der Waals surface area contributed by atoms with Crippen LogP contribution < -0.4 is 19.6 Å². The first kappa shape index (κ1) is 19.8. The van der Waals surface area contributed by atoms with Crippen molar-refractivity contribution in [2.75, 3.05) is 20.8 Å². The number of aryl methyl sites for hydroxylation is 1. The van der Waals surface area contributed by atoms with Crippen LogP contribution in [0.5, 0.6) is 17.2 Å². The predicted octanol–water partition coefficient (Wildman–Crippen LogP) is 3.56. The Bertz CT molecular complexity index is 776. The average molecular weight is 421 g/mol. The molecule has 6 nitrogen and oxygen atoms in total. The summed E-state index contributed by atoms with van der Waals surface area (Å²) in [5.41, 5.74) is 4.38. The summed E-state index contributed by atoms with van der Waals surface area (Å²) >= 11 is 3.41. The maximum atomic E-state index is 11.8. The summed E-state index contributed by atoms with van der Waals surface area (Å²) in [5.74, 6) is 1.45. The van der Waals surface area contributed by atoms with E-state index in [9.17, 15) is 4.79 Å². The van der Waals surface area contributed by atoms with Crippen molar-refractivity contribution in [3.8, 4) is 17.2 Å². The van der Waals surface area contributed by atoms with Gasteiger partial charge in [-0.25, -0.2) is 5.43 Å². The summed E-state index contributed by atoms with van der Waals surface area (Å²) in [7, 11) is 3.11. The van der Waals surface area contributed by atoms with E-state index in [-0.39, 0.29) is 12.5 Å². The zero-order chi connectivity index (χ0) is 18.9. The molecule has 0 spiro atoms. The summed E-state index contributed by atoms with van der Waals surface area (Å²) in [6.45, 7) is 1.97. The number of hydrogen-bond donors (Lipinski definition) is 1. The maximum Gasteiger partial charge on any atom is 0.277 e. The van der Waals surface area contributed by atoms with Crippen LogP contribution in [0, 0.1) is 0 Å². The number of carbonyl (C=O) groups excluding carboxylic acids is 1. The van der Waals surface area contributed by atoms with Gasteiger partial charge >= 0.3 is 0 Å². The molecular formula is C19H21BrN2O4. The molecule has 2 rings (SSSR count). The monoisotopic (exact) mass is 420 g/mol. The van der Waals surface area contributed by atoms with E-state index in [1.54, 1.807) is 20.3 Å². The highest BCUT2D eigenvalue weighted by atomic mass is 79.9. The lowest BCUT2D eigenvalue weighted by atomic mass is 10.2. The van der Waals surface area contributed by atoms with Crippen molar-refractivity contribution in [3.05, 3.63) is 52.0 Å².